The zero-order valence-electron chi connectivity index (χ0n) is 8.97. The Labute approximate surface area is 97.6 Å². The minimum absolute atomic E-state index is 0.0915. The molecule has 0 aromatic carbocycles. The lowest BCUT2D eigenvalue weighted by Gasteiger charge is -2.12. The van der Waals surface area contributed by atoms with Crippen LogP contribution in [0, 0.1) is 6.92 Å². The van der Waals surface area contributed by atoms with E-state index in [1.807, 2.05) is 19.1 Å². The minimum atomic E-state index is -0.231. The molecule has 1 aromatic rings. The number of anilines is 1. The van der Waals surface area contributed by atoms with Crippen molar-refractivity contribution >= 4 is 27.7 Å². The molecule has 1 rings (SSSR count). The molecule has 0 aliphatic rings. The van der Waals surface area contributed by atoms with E-state index in [-0.39, 0.29) is 11.9 Å². The van der Waals surface area contributed by atoms with Crippen LogP contribution in [-0.2, 0) is 4.79 Å². The van der Waals surface area contributed by atoms with Crippen LogP contribution >= 0.6 is 15.9 Å². The van der Waals surface area contributed by atoms with Crippen molar-refractivity contribution in [2.24, 2.45) is 0 Å². The van der Waals surface area contributed by atoms with Gasteiger partial charge >= 0.3 is 0 Å². The second-order valence-corrected chi connectivity index (χ2v) is 4.11. The Bertz CT molecular complexity index is 368. The fraction of sp³-hybridized carbons (Fsp3) is 0.400. The average molecular weight is 272 g/mol. The van der Waals surface area contributed by atoms with E-state index < -0.39 is 0 Å². The van der Waals surface area contributed by atoms with Crippen LogP contribution in [0.1, 0.15) is 12.5 Å². The summed E-state index contributed by atoms with van der Waals surface area (Å²) in [6, 6.07) is 3.51. The van der Waals surface area contributed by atoms with Crippen LogP contribution in [0.3, 0.4) is 0 Å². The second kappa shape index (κ2) is 5.23. The van der Waals surface area contributed by atoms with E-state index in [0.29, 0.717) is 10.4 Å². The summed E-state index contributed by atoms with van der Waals surface area (Å²) in [7, 11) is 1.74. The molecule has 0 aliphatic carbocycles. The number of nitrogens with one attached hydrogen (secondary N) is 2. The number of halogens is 1. The first-order chi connectivity index (χ1) is 7.04. The highest BCUT2D eigenvalue weighted by Crippen LogP contribution is 2.15. The van der Waals surface area contributed by atoms with E-state index in [4.69, 9.17) is 0 Å². The largest absolute Gasteiger partial charge is 0.309 e. The van der Waals surface area contributed by atoms with Crippen molar-refractivity contribution in [3.8, 4) is 0 Å². The van der Waals surface area contributed by atoms with Gasteiger partial charge in [0.15, 0.2) is 0 Å². The molecule has 0 fully saturated rings. The first-order valence-electron chi connectivity index (χ1n) is 4.66. The number of hydrogen-bond acceptors (Lipinski definition) is 3. The summed E-state index contributed by atoms with van der Waals surface area (Å²) in [6.07, 6.45) is 0. The molecule has 4 nitrogen and oxygen atoms in total. The number of amides is 1. The molecular weight excluding hydrogens is 258 g/mol. The van der Waals surface area contributed by atoms with E-state index >= 15 is 0 Å². The molecule has 2 N–H and O–H groups in total. The fourth-order valence-corrected chi connectivity index (χ4v) is 1.30. The molecule has 1 atom stereocenters. The number of hydrogen-bond donors (Lipinski definition) is 2. The van der Waals surface area contributed by atoms with Gasteiger partial charge in [-0.05, 0) is 48.5 Å². The normalized spacial score (nSPS) is 12.3. The molecule has 1 amide bonds. The number of aromatic nitrogens is 1. The van der Waals surface area contributed by atoms with Crippen LogP contribution < -0.4 is 10.6 Å². The van der Waals surface area contributed by atoms with E-state index in [1.165, 1.54) is 0 Å². The lowest BCUT2D eigenvalue weighted by atomic mass is 10.2. The summed E-state index contributed by atoms with van der Waals surface area (Å²) in [5, 5.41) is 5.63. The van der Waals surface area contributed by atoms with Gasteiger partial charge in [-0.15, -0.1) is 0 Å². The molecule has 0 saturated carbocycles. The van der Waals surface area contributed by atoms with Gasteiger partial charge in [0.25, 0.3) is 0 Å². The average Bonchev–Trinajstić information content (AvgIpc) is 2.22. The Hall–Kier alpha value is -0.940. The Morgan fingerprint density at radius 2 is 2.20 bits per heavy atom. The summed E-state index contributed by atoms with van der Waals surface area (Å²) >= 11 is 3.26. The predicted octanol–water partition coefficient (Wildman–Crippen LogP) is 1.70. The van der Waals surface area contributed by atoms with Crippen molar-refractivity contribution in [2.75, 3.05) is 12.4 Å². The zero-order chi connectivity index (χ0) is 11.4. The third-order valence-corrected chi connectivity index (χ3v) is 2.57. The quantitative estimate of drug-likeness (QED) is 0.823. The lowest BCUT2D eigenvalue weighted by molar-refractivity contribution is -0.117. The predicted molar refractivity (Wildman–Crippen MR) is 63.8 cm³/mol. The molecule has 1 aromatic heterocycles. The van der Waals surface area contributed by atoms with Gasteiger partial charge in [-0.2, -0.15) is 0 Å². The first kappa shape index (κ1) is 12.1. The van der Waals surface area contributed by atoms with Gasteiger partial charge in [0.05, 0.1) is 6.04 Å². The SMILES string of the molecule is CN[C@@H](C)C(=O)Nc1nc(Br)ccc1C. The Morgan fingerprint density at radius 3 is 2.80 bits per heavy atom. The molecule has 0 spiro atoms. The van der Waals surface area contributed by atoms with Gasteiger partial charge in [0.1, 0.15) is 10.4 Å². The van der Waals surface area contributed by atoms with Crippen LogP contribution in [0.25, 0.3) is 0 Å². The Kier molecular flexibility index (Phi) is 4.23. The number of carbonyl (C=O) groups is 1. The Balaban J connectivity index is 2.80. The molecule has 82 valence electrons. The lowest BCUT2D eigenvalue weighted by Crippen LogP contribution is -2.35. The van der Waals surface area contributed by atoms with Crippen molar-refractivity contribution in [1.29, 1.82) is 0 Å². The van der Waals surface area contributed by atoms with E-state index in [2.05, 4.69) is 31.5 Å². The monoisotopic (exact) mass is 271 g/mol. The van der Waals surface area contributed by atoms with E-state index in [9.17, 15) is 4.79 Å². The summed E-state index contributed by atoms with van der Waals surface area (Å²) in [6.45, 7) is 3.70. The van der Waals surface area contributed by atoms with E-state index in [1.54, 1.807) is 14.0 Å². The number of aryl methyl sites for hydroxylation is 1. The first-order valence-corrected chi connectivity index (χ1v) is 5.45. The smallest absolute Gasteiger partial charge is 0.242 e. The number of pyridine rings is 1. The van der Waals surface area contributed by atoms with Crippen molar-refractivity contribution in [3.05, 3.63) is 22.3 Å². The van der Waals surface area contributed by atoms with Crippen LogP contribution in [0.15, 0.2) is 16.7 Å². The number of nitrogens with zero attached hydrogens (tertiary/aromatic N) is 1. The standard InChI is InChI=1S/C10H14BrN3O/c1-6-4-5-8(11)13-9(6)14-10(15)7(2)12-3/h4-5,7,12H,1-3H3,(H,13,14,15)/t7-/m0/s1. The van der Waals surface area contributed by atoms with Crippen LogP contribution in [-0.4, -0.2) is 24.0 Å². The van der Waals surface area contributed by atoms with Crippen molar-refractivity contribution in [2.45, 2.75) is 19.9 Å². The minimum Gasteiger partial charge on any atom is -0.309 e. The highest BCUT2D eigenvalue weighted by molar-refractivity contribution is 9.10. The molecule has 0 aliphatic heterocycles. The van der Waals surface area contributed by atoms with Gasteiger partial charge in [-0.25, -0.2) is 4.98 Å². The molecule has 0 radical (unpaired) electrons. The van der Waals surface area contributed by atoms with Crippen LogP contribution in [0.5, 0.6) is 0 Å². The summed E-state index contributed by atoms with van der Waals surface area (Å²) in [4.78, 5) is 15.8. The van der Waals surface area contributed by atoms with Crippen molar-refractivity contribution in [3.63, 3.8) is 0 Å². The summed E-state index contributed by atoms with van der Waals surface area (Å²) < 4.78 is 0.709. The highest BCUT2D eigenvalue weighted by Gasteiger charge is 2.12. The molecule has 1 heterocycles. The molecule has 0 bridgehead atoms. The molecule has 0 saturated heterocycles. The summed E-state index contributed by atoms with van der Waals surface area (Å²) in [5.41, 5.74) is 0.940. The van der Waals surface area contributed by atoms with Gasteiger partial charge in [-0.3, -0.25) is 4.79 Å². The van der Waals surface area contributed by atoms with Gasteiger partial charge in [0.2, 0.25) is 5.91 Å². The Morgan fingerprint density at radius 1 is 1.53 bits per heavy atom. The fourth-order valence-electron chi connectivity index (χ4n) is 0.988. The number of rotatable bonds is 3. The van der Waals surface area contributed by atoms with Crippen molar-refractivity contribution in [1.82, 2.24) is 10.3 Å². The van der Waals surface area contributed by atoms with Crippen LogP contribution in [0.4, 0.5) is 5.82 Å². The van der Waals surface area contributed by atoms with Gasteiger partial charge < -0.3 is 10.6 Å². The second-order valence-electron chi connectivity index (χ2n) is 3.30. The van der Waals surface area contributed by atoms with Gasteiger partial charge in [-0.1, -0.05) is 6.07 Å². The highest BCUT2D eigenvalue weighted by atomic mass is 79.9. The molecule has 0 unspecified atom stereocenters. The zero-order valence-corrected chi connectivity index (χ0v) is 10.6. The maximum atomic E-state index is 11.6. The third-order valence-electron chi connectivity index (χ3n) is 2.13. The molecule has 15 heavy (non-hydrogen) atoms. The maximum absolute atomic E-state index is 11.6. The maximum Gasteiger partial charge on any atom is 0.242 e. The molecule has 5 heteroatoms. The van der Waals surface area contributed by atoms with Gasteiger partial charge in [0, 0.05) is 0 Å². The van der Waals surface area contributed by atoms with Crippen LogP contribution in [0.2, 0.25) is 0 Å². The topological polar surface area (TPSA) is 54.0 Å². The van der Waals surface area contributed by atoms with Crippen molar-refractivity contribution < 1.29 is 4.79 Å². The number of likely N-dealkylation sites (N-methyl/N-ethyl adjacent to an activating group) is 1. The van der Waals surface area contributed by atoms with E-state index in [0.717, 1.165) is 5.56 Å². The third kappa shape index (κ3) is 3.28. The number of carbonyl (C=O) groups excluding carboxylic acids is 1. The summed E-state index contributed by atoms with van der Waals surface area (Å²) in [5.74, 6) is 0.502. The molecular formula is C10H14BrN3O.